The highest BCUT2D eigenvalue weighted by molar-refractivity contribution is 5.88. The van der Waals surface area contributed by atoms with E-state index in [9.17, 15) is 9.59 Å². The van der Waals surface area contributed by atoms with Crippen LogP contribution in [0, 0.1) is 0 Å². The van der Waals surface area contributed by atoms with Gasteiger partial charge in [-0.15, -0.1) is 6.58 Å². The Labute approximate surface area is 148 Å². The van der Waals surface area contributed by atoms with Crippen molar-refractivity contribution in [2.45, 2.75) is 19.0 Å². The highest BCUT2D eigenvalue weighted by Gasteiger charge is 2.31. The van der Waals surface area contributed by atoms with Gasteiger partial charge in [-0.25, -0.2) is 0 Å². The van der Waals surface area contributed by atoms with Gasteiger partial charge in [0.05, 0.1) is 26.7 Å². The van der Waals surface area contributed by atoms with Crippen molar-refractivity contribution in [2.24, 2.45) is 0 Å². The molecular weight excluding hydrogens is 322 g/mol. The Balaban J connectivity index is 2.13. The molecule has 0 radical (unpaired) electrons. The fourth-order valence-electron chi connectivity index (χ4n) is 2.80. The number of nitrogens with zero attached hydrogens (tertiary/aromatic N) is 1. The van der Waals surface area contributed by atoms with Crippen molar-refractivity contribution < 1.29 is 19.1 Å². The number of methoxy groups -OCH3 is 2. The lowest BCUT2D eigenvalue weighted by atomic mass is 10.1. The number of ether oxygens (including phenoxy) is 2. The Morgan fingerprint density at radius 1 is 1.36 bits per heavy atom. The zero-order valence-electron chi connectivity index (χ0n) is 14.7. The van der Waals surface area contributed by atoms with Gasteiger partial charge in [-0.05, 0) is 17.7 Å². The van der Waals surface area contributed by atoms with E-state index in [-0.39, 0.29) is 18.2 Å². The lowest BCUT2D eigenvalue weighted by Crippen LogP contribution is -2.56. The van der Waals surface area contributed by atoms with Crippen LogP contribution in [-0.2, 0) is 16.1 Å². The van der Waals surface area contributed by atoms with Crippen LogP contribution in [0.5, 0.6) is 11.5 Å². The average molecular weight is 347 g/mol. The van der Waals surface area contributed by atoms with Gasteiger partial charge in [-0.1, -0.05) is 6.08 Å². The molecule has 7 nitrogen and oxygen atoms in total. The van der Waals surface area contributed by atoms with Crippen LogP contribution in [0.15, 0.2) is 30.9 Å². The second kappa shape index (κ2) is 9.08. The number of benzene rings is 1. The maximum absolute atomic E-state index is 12.2. The minimum absolute atomic E-state index is 0.112. The maximum Gasteiger partial charge on any atom is 0.237 e. The van der Waals surface area contributed by atoms with Crippen molar-refractivity contribution in [3.8, 4) is 11.5 Å². The largest absolute Gasteiger partial charge is 0.497 e. The van der Waals surface area contributed by atoms with E-state index < -0.39 is 6.04 Å². The lowest BCUT2D eigenvalue weighted by molar-refractivity contribution is -0.134. The van der Waals surface area contributed by atoms with Gasteiger partial charge < -0.3 is 20.1 Å². The number of rotatable bonds is 8. The van der Waals surface area contributed by atoms with Crippen LogP contribution in [0.3, 0.4) is 0 Å². The molecule has 0 spiro atoms. The highest BCUT2D eigenvalue weighted by Crippen LogP contribution is 2.24. The summed E-state index contributed by atoms with van der Waals surface area (Å²) in [7, 11) is 3.19. The Bertz CT molecular complexity index is 610. The molecule has 1 fully saturated rings. The third kappa shape index (κ3) is 5.22. The molecule has 2 amide bonds. The van der Waals surface area contributed by atoms with Gasteiger partial charge in [-0.3, -0.25) is 14.5 Å². The normalized spacial score (nSPS) is 17.5. The topological polar surface area (TPSA) is 79.9 Å². The predicted molar refractivity (Wildman–Crippen MR) is 94.6 cm³/mol. The number of hydrogen-bond donors (Lipinski definition) is 2. The van der Waals surface area contributed by atoms with E-state index >= 15 is 0 Å². The zero-order valence-corrected chi connectivity index (χ0v) is 14.7. The van der Waals surface area contributed by atoms with Crippen molar-refractivity contribution in [1.82, 2.24) is 15.5 Å². The van der Waals surface area contributed by atoms with Gasteiger partial charge in [0.25, 0.3) is 0 Å². The standard InChI is InChI=1S/C18H25N3O4/c1-4-5-19-17(22)11-16-18(23)20-6-7-21(16)12-13-8-14(24-2)10-15(9-13)25-3/h4,8-10,16H,1,5-7,11-12H2,2-3H3,(H,19,22)(H,20,23). The van der Waals surface area contributed by atoms with Crippen LogP contribution in [-0.4, -0.2) is 56.6 Å². The molecule has 7 heteroatoms. The molecule has 1 saturated heterocycles. The molecule has 1 unspecified atom stereocenters. The molecule has 1 aliphatic rings. The molecule has 0 saturated carbocycles. The van der Waals surface area contributed by atoms with Crippen LogP contribution in [0.1, 0.15) is 12.0 Å². The minimum atomic E-state index is -0.504. The number of piperazine rings is 1. The van der Waals surface area contributed by atoms with E-state index in [1.54, 1.807) is 26.4 Å². The molecule has 0 aliphatic carbocycles. The first-order valence-corrected chi connectivity index (χ1v) is 8.18. The van der Waals surface area contributed by atoms with Crippen LogP contribution in [0.4, 0.5) is 0 Å². The van der Waals surface area contributed by atoms with Crippen LogP contribution < -0.4 is 20.1 Å². The van der Waals surface area contributed by atoms with Gasteiger partial charge in [0.2, 0.25) is 11.8 Å². The zero-order chi connectivity index (χ0) is 18.2. The van der Waals surface area contributed by atoms with E-state index in [2.05, 4.69) is 17.2 Å². The molecule has 1 aliphatic heterocycles. The third-order valence-corrected chi connectivity index (χ3v) is 4.06. The Hall–Kier alpha value is -2.54. The van der Waals surface area contributed by atoms with Crippen molar-refractivity contribution in [1.29, 1.82) is 0 Å². The summed E-state index contributed by atoms with van der Waals surface area (Å²) in [6.07, 6.45) is 1.72. The average Bonchev–Trinajstić information content (AvgIpc) is 2.62. The summed E-state index contributed by atoms with van der Waals surface area (Å²) in [5, 5.41) is 5.54. The Kier molecular flexibility index (Phi) is 6.82. The van der Waals surface area contributed by atoms with Gasteiger partial charge in [-0.2, -0.15) is 0 Å². The fourth-order valence-corrected chi connectivity index (χ4v) is 2.80. The summed E-state index contributed by atoms with van der Waals surface area (Å²) in [5.41, 5.74) is 0.961. The van der Waals surface area contributed by atoms with Crippen molar-refractivity contribution >= 4 is 11.8 Å². The second-order valence-corrected chi connectivity index (χ2v) is 5.80. The maximum atomic E-state index is 12.2. The van der Waals surface area contributed by atoms with Crippen molar-refractivity contribution in [3.05, 3.63) is 36.4 Å². The first-order valence-electron chi connectivity index (χ1n) is 8.18. The molecular formula is C18H25N3O4. The van der Waals surface area contributed by atoms with Crippen LogP contribution in [0.2, 0.25) is 0 Å². The van der Waals surface area contributed by atoms with E-state index in [0.29, 0.717) is 37.7 Å². The molecule has 1 aromatic carbocycles. The third-order valence-electron chi connectivity index (χ3n) is 4.06. The minimum Gasteiger partial charge on any atom is -0.497 e. The summed E-state index contributed by atoms with van der Waals surface area (Å²) >= 11 is 0. The summed E-state index contributed by atoms with van der Waals surface area (Å²) < 4.78 is 10.6. The molecule has 25 heavy (non-hydrogen) atoms. The van der Waals surface area contributed by atoms with Gasteiger partial charge in [0, 0.05) is 32.2 Å². The highest BCUT2D eigenvalue weighted by atomic mass is 16.5. The second-order valence-electron chi connectivity index (χ2n) is 5.80. The van der Waals surface area contributed by atoms with E-state index in [1.165, 1.54) is 0 Å². The van der Waals surface area contributed by atoms with Crippen molar-refractivity contribution in [3.63, 3.8) is 0 Å². The molecule has 2 N–H and O–H groups in total. The lowest BCUT2D eigenvalue weighted by Gasteiger charge is -2.34. The van der Waals surface area contributed by atoms with Crippen LogP contribution >= 0.6 is 0 Å². The Morgan fingerprint density at radius 2 is 2.04 bits per heavy atom. The molecule has 0 aromatic heterocycles. The number of nitrogens with one attached hydrogen (secondary N) is 2. The van der Waals surface area contributed by atoms with E-state index in [0.717, 1.165) is 5.56 Å². The molecule has 2 rings (SSSR count). The summed E-state index contributed by atoms with van der Waals surface area (Å²) in [4.78, 5) is 26.3. The number of hydrogen-bond acceptors (Lipinski definition) is 5. The monoisotopic (exact) mass is 347 g/mol. The quantitative estimate of drug-likeness (QED) is 0.677. The molecule has 136 valence electrons. The van der Waals surface area contributed by atoms with Crippen LogP contribution in [0.25, 0.3) is 0 Å². The SMILES string of the molecule is C=CCNC(=O)CC1C(=O)NCCN1Cc1cc(OC)cc(OC)c1. The number of carbonyl (C=O) groups is 2. The molecule has 0 bridgehead atoms. The first-order chi connectivity index (χ1) is 12.1. The number of amides is 2. The predicted octanol–water partition coefficient (Wildman–Crippen LogP) is 0.697. The summed E-state index contributed by atoms with van der Waals surface area (Å²) in [5.74, 6) is 1.08. The van der Waals surface area contributed by atoms with E-state index in [1.807, 2.05) is 17.0 Å². The molecule has 1 aromatic rings. The van der Waals surface area contributed by atoms with Gasteiger partial charge >= 0.3 is 0 Å². The van der Waals surface area contributed by atoms with Gasteiger partial charge in [0.15, 0.2) is 0 Å². The summed E-state index contributed by atoms with van der Waals surface area (Å²) in [6, 6.07) is 5.11. The van der Waals surface area contributed by atoms with E-state index in [4.69, 9.17) is 9.47 Å². The smallest absolute Gasteiger partial charge is 0.237 e. The Morgan fingerprint density at radius 3 is 2.64 bits per heavy atom. The molecule has 1 heterocycles. The first kappa shape index (κ1) is 18.8. The van der Waals surface area contributed by atoms with Gasteiger partial charge in [0.1, 0.15) is 11.5 Å². The van der Waals surface area contributed by atoms with Crippen molar-refractivity contribution in [2.75, 3.05) is 33.9 Å². The number of carbonyl (C=O) groups excluding carboxylic acids is 2. The fraction of sp³-hybridized carbons (Fsp3) is 0.444. The molecule has 1 atom stereocenters. The summed E-state index contributed by atoms with van der Waals surface area (Å²) in [6.45, 7) is 5.72.